The van der Waals surface area contributed by atoms with Gasteiger partial charge in [-0.1, -0.05) is 34.3 Å². The fourth-order valence-corrected chi connectivity index (χ4v) is 0.214. The molecule has 0 fully saturated rings. The van der Waals surface area contributed by atoms with Crippen LogP contribution in [0, 0.1) is 0 Å². The van der Waals surface area contributed by atoms with Gasteiger partial charge in [0.15, 0.2) is 0 Å². The van der Waals surface area contributed by atoms with E-state index < -0.39 is 5.97 Å². The zero-order chi connectivity index (χ0) is 9.28. The highest BCUT2D eigenvalue weighted by atomic mass is 16.4. The lowest BCUT2D eigenvalue weighted by Crippen LogP contribution is -1.90. The third-order valence-electron chi connectivity index (χ3n) is 1.07. The van der Waals surface area contributed by atoms with Gasteiger partial charge >= 0.3 is 5.97 Å². The third kappa shape index (κ3) is 53.6. The fraction of sp³-hybridized carbons (Fsp3) is 0.727. The number of aliphatic carboxylic acids is 1. The van der Waals surface area contributed by atoms with Gasteiger partial charge in [-0.2, -0.15) is 0 Å². The van der Waals surface area contributed by atoms with Crippen molar-refractivity contribution in [3.63, 3.8) is 0 Å². The number of carboxylic acid groups (broad SMARTS) is 1. The van der Waals surface area contributed by atoms with Crippen LogP contribution in [0.3, 0.4) is 0 Å². The highest BCUT2D eigenvalue weighted by Crippen LogP contribution is 1.88. The normalized spacial score (nSPS) is 6.69. The first-order valence-electron chi connectivity index (χ1n) is 3.90. The van der Waals surface area contributed by atoms with E-state index in [0.29, 0.717) is 6.42 Å². The van der Waals surface area contributed by atoms with Crippen molar-refractivity contribution >= 4 is 5.97 Å². The maximum absolute atomic E-state index is 9.60. The van der Waals surface area contributed by atoms with Crippen molar-refractivity contribution in [1.82, 2.24) is 0 Å². The molecule has 1 N–H and O–H groups in total. The first kappa shape index (κ1) is 22.8. The second-order valence-electron chi connectivity index (χ2n) is 2.45. The molecule has 0 radical (unpaired) electrons. The summed E-state index contributed by atoms with van der Waals surface area (Å²) < 4.78 is 0. The number of carbonyl (C=O) groups is 1. The van der Waals surface area contributed by atoms with E-state index in [0.717, 1.165) is 12.8 Å². The molecule has 0 aromatic carbocycles. The van der Waals surface area contributed by atoms with Crippen molar-refractivity contribution in [2.45, 2.75) is 54.9 Å². The van der Waals surface area contributed by atoms with E-state index in [2.05, 4.69) is 13.5 Å². The Kier molecular flexibility index (Phi) is 30.4. The van der Waals surface area contributed by atoms with Crippen molar-refractivity contribution in [3.05, 3.63) is 12.2 Å². The Hall–Kier alpha value is -0.790. The molecule has 82 valence electrons. The molecular formula is C11H26O2. The Morgan fingerprint density at radius 1 is 1.31 bits per heavy atom. The summed E-state index contributed by atoms with van der Waals surface area (Å²) in [6.45, 7) is 9.64. The molecule has 0 aliphatic carbocycles. The smallest absolute Gasteiger partial charge is 0.303 e. The predicted molar refractivity (Wildman–Crippen MR) is 61.1 cm³/mol. The van der Waals surface area contributed by atoms with Crippen molar-refractivity contribution in [2.24, 2.45) is 0 Å². The Bertz CT molecular complexity index is 117. The predicted octanol–water partition coefficient (Wildman–Crippen LogP) is 4.12. The Morgan fingerprint density at radius 3 is 1.62 bits per heavy atom. The number of hydrogen-bond donors (Lipinski definition) is 1. The SMILES string of the molecule is C.C.C=C(C)CC.CCCC(=O)O. The maximum Gasteiger partial charge on any atom is 0.303 e. The van der Waals surface area contributed by atoms with E-state index in [-0.39, 0.29) is 14.9 Å². The van der Waals surface area contributed by atoms with Gasteiger partial charge in [-0.05, 0) is 19.8 Å². The Morgan fingerprint density at radius 2 is 1.62 bits per heavy atom. The molecule has 0 saturated carbocycles. The lowest BCUT2D eigenvalue weighted by molar-refractivity contribution is -0.137. The molecule has 0 spiro atoms. The zero-order valence-electron chi connectivity index (χ0n) is 7.68. The fourth-order valence-electron chi connectivity index (χ4n) is 0.214. The first-order valence-corrected chi connectivity index (χ1v) is 3.90. The summed E-state index contributed by atoms with van der Waals surface area (Å²) in [5.41, 5.74) is 1.25. The van der Waals surface area contributed by atoms with E-state index in [4.69, 9.17) is 5.11 Å². The molecule has 0 heterocycles. The molecule has 0 rings (SSSR count). The molecule has 0 aliphatic heterocycles. The number of hydrogen-bond acceptors (Lipinski definition) is 1. The van der Waals surface area contributed by atoms with Crippen LogP contribution in [0.15, 0.2) is 12.2 Å². The minimum Gasteiger partial charge on any atom is -0.481 e. The molecule has 13 heavy (non-hydrogen) atoms. The van der Waals surface area contributed by atoms with E-state index in [1.54, 1.807) is 0 Å². The van der Waals surface area contributed by atoms with Gasteiger partial charge in [0.25, 0.3) is 0 Å². The summed E-state index contributed by atoms with van der Waals surface area (Å²) in [5, 5.41) is 7.91. The van der Waals surface area contributed by atoms with Crippen LogP contribution in [-0.4, -0.2) is 11.1 Å². The van der Waals surface area contributed by atoms with Gasteiger partial charge in [0.2, 0.25) is 0 Å². The van der Waals surface area contributed by atoms with Crippen LogP contribution in [0.1, 0.15) is 54.9 Å². The third-order valence-corrected chi connectivity index (χ3v) is 1.07. The molecule has 0 aliphatic rings. The number of rotatable bonds is 3. The largest absolute Gasteiger partial charge is 0.481 e. The van der Waals surface area contributed by atoms with Gasteiger partial charge in [-0.25, -0.2) is 0 Å². The minimum absolute atomic E-state index is 0. The second-order valence-corrected chi connectivity index (χ2v) is 2.45. The van der Waals surface area contributed by atoms with Crippen molar-refractivity contribution < 1.29 is 9.90 Å². The topological polar surface area (TPSA) is 37.3 Å². The average molecular weight is 190 g/mol. The Labute approximate surface area is 83.7 Å². The van der Waals surface area contributed by atoms with Gasteiger partial charge in [0.05, 0.1) is 0 Å². The summed E-state index contributed by atoms with van der Waals surface area (Å²) in [4.78, 5) is 9.60. The molecule has 0 aromatic heterocycles. The number of carboxylic acids is 1. The molecule has 0 atom stereocenters. The zero-order valence-corrected chi connectivity index (χ0v) is 7.68. The van der Waals surface area contributed by atoms with Crippen LogP contribution < -0.4 is 0 Å². The summed E-state index contributed by atoms with van der Waals surface area (Å²) >= 11 is 0. The standard InChI is InChI=1S/C5H10.C4H8O2.2CH4/c1-4-5(2)3;1-2-3-4(5)6;;/h2,4H2,1,3H3;2-3H2,1H3,(H,5,6);2*1H4. The van der Waals surface area contributed by atoms with E-state index in [1.807, 2.05) is 13.8 Å². The molecule has 0 saturated heterocycles. The van der Waals surface area contributed by atoms with Crippen LogP contribution >= 0.6 is 0 Å². The average Bonchev–Trinajstić information content (AvgIpc) is 1.89. The first-order chi connectivity index (χ1) is 5.04. The van der Waals surface area contributed by atoms with Gasteiger partial charge in [-0.15, -0.1) is 6.58 Å². The summed E-state index contributed by atoms with van der Waals surface area (Å²) in [6, 6.07) is 0. The highest BCUT2D eigenvalue weighted by molar-refractivity contribution is 5.66. The van der Waals surface area contributed by atoms with E-state index >= 15 is 0 Å². The van der Waals surface area contributed by atoms with Crippen LogP contribution in [0.5, 0.6) is 0 Å². The maximum atomic E-state index is 9.60. The number of allylic oxidation sites excluding steroid dienone is 1. The highest BCUT2D eigenvalue weighted by Gasteiger charge is 1.87. The van der Waals surface area contributed by atoms with Gasteiger partial charge in [0.1, 0.15) is 0 Å². The molecule has 2 heteroatoms. The van der Waals surface area contributed by atoms with E-state index in [9.17, 15) is 4.79 Å². The monoisotopic (exact) mass is 190 g/mol. The second kappa shape index (κ2) is 17.3. The lowest BCUT2D eigenvalue weighted by Gasteiger charge is -1.79. The van der Waals surface area contributed by atoms with Crippen molar-refractivity contribution in [2.75, 3.05) is 0 Å². The summed E-state index contributed by atoms with van der Waals surface area (Å²) in [6.07, 6.45) is 2.13. The van der Waals surface area contributed by atoms with Crippen LogP contribution in [0.4, 0.5) is 0 Å². The van der Waals surface area contributed by atoms with Gasteiger partial charge < -0.3 is 5.11 Å². The summed E-state index contributed by atoms with van der Waals surface area (Å²) in [7, 11) is 0. The lowest BCUT2D eigenvalue weighted by atomic mass is 10.3. The van der Waals surface area contributed by atoms with Crippen LogP contribution in [0.25, 0.3) is 0 Å². The van der Waals surface area contributed by atoms with Crippen LogP contribution in [-0.2, 0) is 4.79 Å². The molecule has 0 amide bonds. The van der Waals surface area contributed by atoms with E-state index in [1.165, 1.54) is 5.57 Å². The van der Waals surface area contributed by atoms with Crippen molar-refractivity contribution in [3.8, 4) is 0 Å². The van der Waals surface area contributed by atoms with Gasteiger partial charge in [-0.3, -0.25) is 4.79 Å². The van der Waals surface area contributed by atoms with Gasteiger partial charge in [0, 0.05) is 6.42 Å². The molecular weight excluding hydrogens is 164 g/mol. The summed E-state index contributed by atoms with van der Waals surface area (Å²) in [5.74, 6) is -0.711. The minimum atomic E-state index is -0.711. The Balaban J connectivity index is -0.0000000546. The van der Waals surface area contributed by atoms with Crippen molar-refractivity contribution in [1.29, 1.82) is 0 Å². The quantitative estimate of drug-likeness (QED) is 0.680. The molecule has 0 bridgehead atoms. The molecule has 2 nitrogen and oxygen atoms in total. The molecule has 0 aromatic rings. The van der Waals surface area contributed by atoms with Crippen LogP contribution in [0.2, 0.25) is 0 Å². The molecule has 0 unspecified atom stereocenters.